The molecule has 0 saturated carbocycles. The number of carbonyl (C=O) groups excluding carboxylic acids is 2. The minimum absolute atomic E-state index is 0.0385. The third-order valence-electron chi connectivity index (χ3n) is 5.28. The predicted octanol–water partition coefficient (Wildman–Crippen LogP) is 2.17. The molecule has 1 aliphatic heterocycles. The van der Waals surface area contributed by atoms with Gasteiger partial charge in [0.1, 0.15) is 10.5 Å². The van der Waals surface area contributed by atoms with E-state index in [1.165, 1.54) is 0 Å². The molecule has 1 aromatic heterocycles. The lowest BCUT2D eigenvalue weighted by molar-refractivity contribution is -0.138. The van der Waals surface area contributed by atoms with Crippen molar-refractivity contribution in [2.75, 3.05) is 6.61 Å². The molecule has 10 heteroatoms. The van der Waals surface area contributed by atoms with Crippen molar-refractivity contribution >= 4 is 63.9 Å². The first-order chi connectivity index (χ1) is 16.2. The van der Waals surface area contributed by atoms with Crippen LogP contribution in [0.1, 0.15) is 24.0 Å². The van der Waals surface area contributed by atoms with Gasteiger partial charge < -0.3 is 16.2 Å². The van der Waals surface area contributed by atoms with Crippen LogP contribution in [0.25, 0.3) is 17.5 Å². The molecule has 0 bridgehead atoms. The molecule has 7 nitrogen and oxygen atoms in total. The van der Waals surface area contributed by atoms with Crippen molar-refractivity contribution < 1.29 is 14.3 Å². The van der Waals surface area contributed by atoms with Crippen LogP contribution < -0.4 is 26.2 Å². The number of carbonyl (C=O) groups is 2. The number of halogens is 2. The Bertz CT molecular complexity index is 1500. The van der Waals surface area contributed by atoms with Crippen LogP contribution in [0.2, 0.25) is 10.0 Å². The summed E-state index contributed by atoms with van der Waals surface area (Å²) in [6, 6.07) is 13.5. The van der Waals surface area contributed by atoms with E-state index in [4.69, 9.17) is 39.4 Å². The monoisotopic (exact) mass is 515 g/mol. The van der Waals surface area contributed by atoms with E-state index >= 15 is 0 Å². The second-order valence-electron chi connectivity index (χ2n) is 7.39. The van der Waals surface area contributed by atoms with Gasteiger partial charge in [-0.3, -0.25) is 14.2 Å². The Morgan fingerprint density at radius 1 is 1.06 bits per heavy atom. The predicted molar refractivity (Wildman–Crippen MR) is 134 cm³/mol. The maximum Gasteiger partial charge on any atom is 0.338 e. The van der Waals surface area contributed by atoms with Gasteiger partial charge in [-0.2, -0.15) is 0 Å². The topological polar surface area (TPSA) is 117 Å². The summed E-state index contributed by atoms with van der Waals surface area (Å²) in [6.45, 7) is 1.73. The molecule has 1 aliphatic rings. The quantitative estimate of drug-likeness (QED) is 0.505. The number of hydrogen-bond donors (Lipinski definition) is 2. The molecule has 0 unspecified atom stereocenters. The fourth-order valence-corrected chi connectivity index (χ4v) is 5.23. The molecule has 2 heterocycles. The summed E-state index contributed by atoms with van der Waals surface area (Å²) in [5.74, 6) is -2.58. The number of amides is 1. The number of rotatable bonds is 5. The molecule has 3 aromatic rings. The van der Waals surface area contributed by atoms with Crippen molar-refractivity contribution in [1.82, 2.24) is 4.57 Å². The molecule has 1 amide bonds. The molecule has 0 radical (unpaired) electrons. The average Bonchev–Trinajstić information content (AvgIpc) is 3.11. The minimum Gasteiger partial charge on any atom is -0.463 e. The molecule has 174 valence electrons. The fraction of sp³-hybridized carbons (Fsp3) is 0.125. The van der Waals surface area contributed by atoms with Crippen LogP contribution in [0, 0.1) is 0 Å². The van der Waals surface area contributed by atoms with E-state index in [1.54, 1.807) is 61.5 Å². The van der Waals surface area contributed by atoms with Crippen LogP contribution in [0.4, 0.5) is 0 Å². The van der Waals surface area contributed by atoms with Gasteiger partial charge in [-0.25, -0.2) is 4.79 Å². The summed E-state index contributed by atoms with van der Waals surface area (Å²) in [5.41, 5.74) is 13.0. The molecule has 4 N–H and O–H groups in total. The zero-order valence-electron chi connectivity index (χ0n) is 17.9. The van der Waals surface area contributed by atoms with E-state index in [0.29, 0.717) is 20.1 Å². The van der Waals surface area contributed by atoms with Gasteiger partial charge >= 0.3 is 5.97 Å². The van der Waals surface area contributed by atoms with Gasteiger partial charge in [-0.15, -0.1) is 11.3 Å². The first-order valence-corrected chi connectivity index (χ1v) is 11.8. The van der Waals surface area contributed by atoms with Gasteiger partial charge in [-0.1, -0.05) is 47.5 Å². The number of fused-ring (bicyclic) bond motifs is 1. The normalized spacial score (nSPS) is 15.9. The minimum atomic E-state index is -0.935. The highest BCUT2D eigenvalue weighted by Gasteiger charge is 2.38. The summed E-state index contributed by atoms with van der Waals surface area (Å²) >= 11 is 13.0. The molecule has 34 heavy (non-hydrogen) atoms. The molecular weight excluding hydrogens is 497 g/mol. The zero-order chi connectivity index (χ0) is 24.6. The number of ether oxygens (including phenoxy) is 1. The van der Waals surface area contributed by atoms with E-state index < -0.39 is 23.4 Å². The first-order valence-electron chi connectivity index (χ1n) is 10.2. The van der Waals surface area contributed by atoms with Crippen LogP contribution in [0.5, 0.6) is 0 Å². The van der Waals surface area contributed by atoms with E-state index in [9.17, 15) is 14.4 Å². The highest BCUT2D eigenvalue weighted by Crippen LogP contribution is 2.37. The molecule has 0 fully saturated rings. The summed E-state index contributed by atoms with van der Waals surface area (Å²) in [7, 11) is 0. The van der Waals surface area contributed by atoms with Crippen LogP contribution in [0.3, 0.4) is 0 Å². The van der Waals surface area contributed by atoms with Crippen LogP contribution in [-0.4, -0.2) is 23.1 Å². The molecule has 0 aliphatic carbocycles. The summed E-state index contributed by atoms with van der Waals surface area (Å²) in [5, 5.41) is 1.03. The van der Waals surface area contributed by atoms with Crippen molar-refractivity contribution in [3.63, 3.8) is 0 Å². The number of esters is 1. The smallest absolute Gasteiger partial charge is 0.338 e. The standard InChI is InChI=1S/C24H19Cl2N3O4S/c1-2-33-24(32)18-17(13-5-9-15(26)10-6-13)19(21(28)30)23-29(20(18)27)22(31)16(34-23)11-12-3-7-14(25)8-4-12/h3-11,17H,2,27H2,1H3,(H2,28,30)/b16-11+/t17-/m1/s1. The highest BCUT2D eigenvalue weighted by molar-refractivity contribution is 7.07. The van der Waals surface area contributed by atoms with Crippen molar-refractivity contribution in [3.05, 3.63) is 94.8 Å². The van der Waals surface area contributed by atoms with E-state index in [1.807, 2.05) is 0 Å². The number of thiazole rings is 1. The first kappa shape index (κ1) is 23.8. The number of nitrogens with zero attached hydrogens (tertiary/aromatic N) is 1. The van der Waals surface area contributed by atoms with Crippen LogP contribution in [-0.2, 0) is 14.3 Å². The summed E-state index contributed by atoms with van der Waals surface area (Å²) < 4.78 is 6.92. The zero-order valence-corrected chi connectivity index (χ0v) is 20.2. The van der Waals surface area contributed by atoms with Gasteiger partial charge in [-0.05, 0) is 48.4 Å². The van der Waals surface area contributed by atoms with Crippen molar-refractivity contribution in [2.45, 2.75) is 12.8 Å². The van der Waals surface area contributed by atoms with Crippen molar-refractivity contribution in [1.29, 1.82) is 0 Å². The molecule has 2 aromatic carbocycles. The van der Waals surface area contributed by atoms with Crippen LogP contribution in [0.15, 0.2) is 58.9 Å². The number of hydrogen-bond acceptors (Lipinski definition) is 6. The summed E-state index contributed by atoms with van der Waals surface area (Å²) in [6.07, 6.45) is 1.65. The SMILES string of the molecule is CCOC(=O)C1=C(N)n2c(s/c(=C/c3ccc(Cl)cc3)c2=O)=C(C(N)=O)[C@@H]1c1ccc(Cl)cc1. The Labute approximate surface area is 208 Å². The summed E-state index contributed by atoms with van der Waals surface area (Å²) in [4.78, 5) is 39.1. The van der Waals surface area contributed by atoms with Crippen LogP contribution >= 0.6 is 34.5 Å². The lowest BCUT2D eigenvalue weighted by atomic mass is 9.83. The Balaban J connectivity index is 2.08. The van der Waals surface area contributed by atoms with E-state index in [2.05, 4.69) is 0 Å². The number of primary amides is 1. The van der Waals surface area contributed by atoms with E-state index in [-0.39, 0.29) is 28.2 Å². The number of benzene rings is 2. The third-order valence-corrected chi connectivity index (χ3v) is 6.89. The number of aromatic nitrogens is 1. The number of nitrogens with two attached hydrogens (primary N) is 2. The Hall–Kier alpha value is -3.33. The molecule has 0 saturated heterocycles. The Kier molecular flexibility index (Phi) is 6.65. The fourth-order valence-electron chi connectivity index (χ4n) is 3.80. The highest BCUT2D eigenvalue weighted by atomic mass is 35.5. The Morgan fingerprint density at radius 3 is 2.21 bits per heavy atom. The Morgan fingerprint density at radius 2 is 1.65 bits per heavy atom. The van der Waals surface area contributed by atoms with Crippen molar-refractivity contribution in [2.24, 2.45) is 11.5 Å². The largest absolute Gasteiger partial charge is 0.463 e. The lowest BCUT2D eigenvalue weighted by Crippen LogP contribution is -2.42. The van der Waals surface area contributed by atoms with Gasteiger partial charge in [0.05, 0.1) is 28.2 Å². The molecule has 1 atom stereocenters. The second-order valence-corrected chi connectivity index (χ2v) is 9.29. The molecule has 0 spiro atoms. The third kappa shape index (κ3) is 4.27. The lowest BCUT2D eigenvalue weighted by Gasteiger charge is -2.26. The maximum absolute atomic E-state index is 13.3. The molecule has 4 rings (SSSR count). The van der Waals surface area contributed by atoms with Gasteiger partial charge in [0.25, 0.3) is 5.56 Å². The van der Waals surface area contributed by atoms with Gasteiger partial charge in [0.2, 0.25) is 5.91 Å². The van der Waals surface area contributed by atoms with E-state index in [0.717, 1.165) is 21.5 Å². The van der Waals surface area contributed by atoms with Gasteiger partial charge in [0, 0.05) is 10.0 Å². The van der Waals surface area contributed by atoms with Gasteiger partial charge in [0.15, 0.2) is 0 Å². The van der Waals surface area contributed by atoms with Crippen molar-refractivity contribution in [3.8, 4) is 0 Å². The average molecular weight is 516 g/mol. The molecular formula is C24H19Cl2N3O4S. The maximum atomic E-state index is 13.3. The second kappa shape index (κ2) is 9.50.